The third kappa shape index (κ3) is 21.5. The van der Waals surface area contributed by atoms with E-state index in [4.69, 9.17) is 0 Å². The quantitative estimate of drug-likeness (QED) is 0.0858. The zero-order chi connectivity index (χ0) is 95.6. The molecule has 0 amide bonds. The summed E-state index contributed by atoms with van der Waals surface area (Å²) in [5.41, 5.74) is 32.4. The Labute approximate surface area is 788 Å². The summed E-state index contributed by atoms with van der Waals surface area (Å²) in [6.07, 6.45) is 16.4. The second-order valence-electron chi connectivity index (χ2n) is 45.1. The van der Waals surface area contributed by atoms with Crippen LogP contribution in [0.25, 0.3) is 110 Å². The predicted molar refractivity (Wildman–Crippen MR) is 579 cm³/mol. The second kappa shape index (κ2) is 38.5. The van der Waals surface area contributed by atoms with Crippen LogP contribution in [0.2, 0.25) is 98.2 Å². The molecule has 1 fully saturated rings. The first-order chi connectivity index (χ1) is 60.5. The van der Waals surface area contributed by atoms with Gasteiger partial charge in [-0.15, -0.1) is 0 Å². The SMILES string of the molecule is Cc1cc(-c2c3ccc([Si](C)(C)C)cc3cc[n+]2C)c(C)c(C)c1F.Cc1cc(C(C)(C)C)cc(-c2c3ccc([Si](C)(C)C)cc3cc[n+]2C)c1C.Cc1cc(C(C)C)cc(-c2c3ccc([Si](C)(C)C)cc3cc[n+]2C)c1C.Cc1cc(C)c(C)c(-c2c3ccc([Si](C)(C)C)cc3cc[n+]2C)c1.Cc1cc(C2CCCC2)cc(-c2c3ccc([Si](C)(C)C)cc3cc[n+]2C)c1C. The Morgan fingerprint density at radius 2 is 0.569 bits per heavy atom. The minimum Gasteiger partial charge on any atom is -0.206 e. The Balaban J connectivity index is 0.000000147. The number of halogens is 1. The number of hydrogen-bond donors (Lipinski definition) is 0. The molecule has 0 radical (unpaired) electrons. The van der Waals surface area contributed by atoms with Crippen molar-refractivity contribution in [3.8, 4) is 56.3 Å². The van der Waals surface area contributed by atoms with Gasteiger partial charge < -0.3 is 0 Å². The van der Waals surface area contributed by atoms with Crippen LogP contribution in [0.3, 0.4) is 0 Å². The standard InChI is InChI=1S/C26H34NSi.C25H34NSi.C24H32NSi.C22H27FNSi.C22H28NSi/c1-18-15-22(20-9-7-8-10-20)17-25(19(18)2)26-24-12-11-23(28(4,5)6)16-21(24)13-14-27(26)3;1-17-14-20(25(3,4)5)16-23(18(17)2)24-22-11-10-21(27(7,8)9)15-19(22)12-13-26(24)6;1-16(2)20-13-17(3)18(4)23(15-20)24-22-10-9-21(26(6,7)8)14-19(22)11-12-25(24)5;1-14-12-20(15(2)16(3)21(14)23)22-19-9-8-18(25(5,6)7)13-17(19)10-11-24(22)4;1-15-12-16(2)17(3)21(13-15)22-20-9-8-19(24(5,6)7)14-18(20)10-11-23(22)4/h11-17,20H,7-10H2,1-6H3;10-16H,1-9H3;9-16H,1-8H3;8-13H,1-7H3;8-14H,1-7H3/q5*+1. The summed E-state index contributed by atoms with van der Waals surface area (Å²) in [4.78, 5) is 0. The summed E-state index contributed by atoms with van der Waals surface area (Å²) in [6.45, 7) is 73.5. The van der Waals surface area contributed by atoms with E-state index in [1.54, 1.807) is 5.56 Å². The van der Waals surface area contributed by atoms with Crippen molar-refractivity contribution in [3.63, 3.8) is 0 Å². The summed E-state index contributed by atoms with van der Waals surface area (Å²) in [6, 6.07) is 67.6. The molecule has 10 aromatic carbocycles. The van der Waals surface area contributed by atoms with Crippen molar-refractivity contribution in [1.82, 2.24) is 0 Å². The van der Waals surface area contributed by atoms with Crippen molar-refractivity contribution < 1.29 is 27.2 Å². The molecule has 130 heavy (non-hydrogen) atoms. The molecule has 0 saturated heterocycles. The molecule has 0 spiro atoms. The summed E-state index contributed by atoms with van der Waals surface area (Å²) in [7, 11) is 4.14. The second-order valence-corrected chi connectivity index (χ2v) is 70.5. The van der Waals surface area contributed by atoms with Crippen LogP contribution in [0.4, 0.5) is 4.39 Å². The molecule has 0 N–H and O–H groups in total. The highest BCUT2D eigenvalue weighted by molar-refractivity contribution is 6.90. The molecular weight excluding hydrogens is 1660 g/mol. The first-order valence-electron chi connectivity index (χ1n) is 47.9. The fraction of sp³-hybridized carbons (Fsp3) is 0.370. The Morgan fingerprint density at radius 3 is 0.877 bits per heavy atom. The van der Waals surface area contributed by atoms with E-state index in [1.165, 1.54) is 212 Å². The summed E-state index contributed by atoms with van der Waals surface area (Å²) in [5, 5.41) is 20.9. The van der Waals surface area contributed by atoms with Gasteiger partial charge in [0, 0.05) is 30.3 Å². The van der Waals surface area contributed by atoms with Gasteiger partial charge in [0.25, 0.3) is 0 Å². The van der Waals surface area contributed by atoms with Crippen molar-refractivity contribution >= 4 is 120 Å². The van der Waals surface area contributed by atoms with E-state index in [0.717, 1.165) is 28.3 Å². The molecule has 678 valence electrons. The lowest BCUT2D eigenvalue weighted by molar-refractivity contribution is -0.659. The summed E-state index contributed by atoms with van der Waals surface area (Å²) in [5.74, 6) is 1.19. The lowest BCUT2D eigenvalue weighted by atomic mass is 9.83. The van der Waals surface area contributed by atoms with E-state index in [0.29, 0.717) is 11.5 Å². The molecule has 0 aliphatic heterocycles. The number of benzene rings is 10. The van der Waals surface area contributed by atoms with Gasteiger partial charge in [-0.25, -0.2) is 27.2 Å². The molecule has 11 heteroatoms. The molecule has 5 nitrogen and oxygen atoms in total. The van der Waals surface area contributed by atoms with Crippen LogP contribution in [-0.4, -0.2) is 40.4 Å². The van der Waals surface area contributed by atoms with Crippen LogP contribution in [-0.2, 0) is 40.7 Å². The minimum atomic E-state index is -1.35. The highest BCUT2D eigenvalue weighted by Crippen LogP contribution is 2.42. The van der Waals surface area contributed by atoms with Crippen molar-refractivity contribution in [2.45, 2.75) is 259 Å². The lowest BCUT2D eigenvalue weighted by Gasteiger charge is -2.22. The minimum absolute atomic E-state index is 0.0924. The first kappa shape index (κ1) is 99.3. The average Bonchev–Trinajstić information content (AvgIpc) is 0.806. The molecule has 16 rings (SSSR count). The van der Waals surface area contributed by atoms with Crippen LogP contribution in [0.5, 0.6) is 0 Å². The van der Waals surface area contributed by atoms with E-state index in [-0.39, 0.29) is 11.2 Å². The molecule has 0 bridgehead atoms. The smallest absolute Gasteiger partial charge is 0.206 e. The van der Waals surface area contributed by atoms with E-state index in [2.05, 4.69) is 454 Å². The zero-order valence-electron chi connectivity index (χ0n) is 86.7. The Hall–Kier alpha value is -9.74. The molecule has 1 aliphatic rings. The largest absolute Gasteiger partial charge is 0.220 e. The van der Waals surface area contributed by atoms with Crippen LogP contribution >= 0.6 is 0 Å². The maximum Gasteiger partial charge on any atom is 0.220 e. The fourth-order valence-electron chi connectivity index (χ4n) is 19.1. The highest BCUT2D eigenvalue weighted by Gasteiger charge is 2.31. The number of rotatable bonds is 12. The number of hydrogen-bond acceptors (Lipinski definition) is 0. The predicted octanol–water partition coefficient (Wildman–Crippen LogP) is 27.3. The summed E-state index contributed by atoms with van der Waals surface area (Å²) >= 11 is 0. The topological polar surface area (TPSA) is 19.4 Å². The van der Waals surface area contributed by atoms with Crippen LogP contribution in [0.15, 0.2) is 207 Å². The van der Waals surface area contributed by atoms with Gasteiger partial charge in [-0.3, -0.25) is 0 Å². The molecule has 5 aromatic heterocycles. The number of aryl methyl sites for hydroxylation is 11. The van der Waals surface area contributed by atoms with Gasteiger partial charge in [0.1, 0.15) is 41.1 Å². The first-order valence-corrected chi connectivity index (χ1v) is 65.4. The van der Waals surface area contributed by atoms with Crippen molar-refractivity contribution in [1.29, 1.82) is 0 Å². The van der Waals surface area contributed by atoms with Gasteiger partial charge >= 0.3 is 0 Å². The molecule has 5 heterocycles. The van der Waals surface area contributed by atoms with Crippen LogP contribution in [0.1, 0.15) is 156 Å². The third-order valence-corrected chi connectivity index (χ3v) is 38.7. The Morgan fingerprint density at radius 1 is 0.292 bits per heavy atom. The van der Waals surface area contributed by atoms with Gasteiger partial charge in [0.15, 0.2) is 31.0 Å². The third-order valence-electron chi connectivity index (χ3n) is 28.5. The van der Waals surface area contributed by atoms with E-state index in [1.807, 2.05) is 26.8 Å². The lowest BCUT2D eigenvalue weighted by Crippen LogP contribution is -2.37. The van der Waals surface area contributed by atoms with E-state index >= 15 is 0 Å². The zero-order valence-corrected chi connectivity index (χ0v) is 91.7. The van der Waals surface area contributed by atoms with Gasteiger partial charge in [-0.2, -0.15) is 0 Å². The number of fused-ring (bicyclic) bond motifs is 5. The van der Waals surface area contributed by atoms with Gasteiger partial charge in [-0.1, -0.05) is 262 Å². The van der Waals surface area contributed by atoms with Crippen molar-refractivity contribution in [2.24, 2.45) is 35.2 Å². The Bertz CT molecular complexity index is 6860. The number of pyridine rings is 5. The van der Waals surface area contributed by atoms with Crippen molar-refractivity contribution in [3.05, 3.63) is 296 Å². The van der Waals surface area contributed by atoms with Crippen molar-refractivity contribution in [2.75, 3.05) is 0 Å². The average molecular weight is 1820 g/mol. The molecule has 1 saturated carbocycles. The monoisotopic (exact) mass is 1810 g/mol. The van der Waals surface area contributed by atoms with E-state index in [9.17, 15) is 4.39 Å². The van der Waals surface area contributed by atoms with Crippen LogP contribution < -0.4 is 48.8 Å². The molecule has 1 aliphatic carbocycles. The molecule has 0 atom stereocenters. The van der Waals surface area contributed by atoms with Crippen LogP contribution in [0, 0.1) is 88.9 Å². The fourth-order valence-corrected chi connectivity index (χ4v) is 24.9. The number of nitrogens with zero attached hydrogens (tertiary/aromatic N) is 5. The number of aromatic nitrogens is 5. The normalized spacial score (nSPS) is 12.9. The molecule has 15 aromatic rings. The molecule has 0 unspecified atom stereocenters. The Kier molecular flexibility index (Phi) is 29.4. The highest BCUT2D eigenvalue weighted by atomic mass is 28.3. The van der Waals surface area contributed by atoms with E-state index < -0.39 is 40.4 Å². The van der Waals surface area contributed by atoms with Gasteiger partial charge in [0.2, 0.25) is 28.5 Å². The maximum absolute atomic E-state index is 14.3. The summed E-state index contributed by atoms with van der Waals surface area (Å²) < 4.78 is 25.6. The van der Waals surface area contributed by atoms with Gasteiger partial charge in [0.05, 0.1) is 95.1 Å². The van der Waals surface area contributed by atoms with Gasteiger partial charge in [-0.05, 0) is 279 Å². The molecular formula is C119H155FN5Si5+5. The maximum atomic E-state index is 14.3.